The van der Waals surface area contributed by atoms with Crippen LogP contribution in [0.25, 0.3) is 0 Å². The molecular formula is C21H30F2O11S. The Morgan fingerprint density at radius 1 is 1.17 bits per heavy atom. The lowest BCUT2D eigenvalue weighted by Crippen LogP contribution is -2.42. The summed E-state index contributed by atoms with van der Waals surface area (Å²) in [7, 11) is -5.82. The van der Waals surface area contributed by atoms with Gasteiger partial charge in [-0.25, -0.2) is 9.59 Å². The maximum Gasteiger partial charge on any atom is 0.405 e. The minimum atomic E-state index is -5.82. The van der Waals surface area contributed by atoms with Crippen molar-refractivity contribution in [3.8, 4) is 0 Å². The number of cyclic esters (lactones) is 1. The predicted molar refractivity (Wildman–Crippen MR) is 112 cm³/mol. The van der Waals surface area contributed by atoms with Crippen molar-refractivity contribution in [1.82, 2.24) is 0 Å². The predicted octanol–water partition coefficient (Wildman–Crippen LogP) is 2.31. The van der Waals surface area contributed by atoms with Crippen LogP contribution in [0.1, 0.15) is 72.1 Å². The van der Waals surface area contributed by atoms with Crippen molar-refractivity contribution in [2.45, 2.75) is 101 Å². The van der Waals surface area contributed by atoms with Crippen LogP contribution in [0.15, 0.2) is 0 Å². The van der Waals surface area contributed by atoms with Crippen LogP contribution in [0.2, 0.25) is 0 Å². The third-order valence-corrected chi connectivity index (χ3v) is 7.43. The van der Waals surface area contributed by atoms with Crippen molar-refractivity contribution in [2.24, 2.45) is 5.92 Å². The van der Waals surface area contributed by atoms with Crippen molar-refractivity contribution < 1.29 is 59.9 Å². The van der Waals surface area contributed by atoms with Crippen molar-refractivity contribution in [1.29, 1.82) is 0 Å². The largest absolute Gasteiger partial charge is 0.456 e. The fourth-order valence-electron chi connectivity index (χ4n) is 4.06. The molecule has 1 aliphatic heterocycles. The Morgan fingerprint density at radius 3 is 2.29 bits per heavy atom. The molecule has 2 aliphatic rings. The van der Waals surface area contributed by atoms with Crippen molar-refractivity contribution in [3.05, 3.63) is 0 Å². The van der Waals surface area contributed by atoms with Crippen LogP contribution in [-0.2, 0) is 48.2 Å². The van der Waals surface area contributed by atoms with Crippen molar-refractivity contribution >= 4 is 34.0 Å². The average molecular weight is 529 g/mol. The van der Waals surface area contributed by atoms with E-state index in [2.05, 4.69) is 4.74 Å². The van der Waals surface area contributed by atoms with E-state index in [4.69, 9.17) is 18.8 Å². The first-order valence-corrected chi connectivity index (χ1v) is 12.7. The molecule has 0 aromatic carbocycles. The highest BCUT2D eigenvalue weighted by atomic mass is 32.2. The molecule has 1 saturated carbocycles. The first kappa shape index (κ1) is 28.9. The van der Waals surface area contributed by atoms with Gasteiger partial charge in [0, 0.05) is 6.42 Å². The summed E-state index contributed by atoms with van der Waals surface area (Å²) in [5, 5.41) is -4.74. The quantitative estimate of drug-likeness (QED) is 0.238. The van der Waals surface area contributed by atoms with Gasteiger partial charge in [-0.05, 0) is 44.9 Å². The number of rotatable bonds is 11. The first-order chi connectivity index (χ1) is 16.1. The molecule has 0 amide bonds. The Bertz CT molecular complexity index is 928. The number of alkyl halides is 2. The Morgan fingerprint density at radius 2 is 1.74 bits per heavy atom. The minimum absolute atomic E-state index is 0.111. The fourth-order valence-corrected chi connectivity index (χ4v) is 4.53. The van der Waals surface area contributed by atoms with Crippen LogP contribution < -0.4 is 0 Å². The zero-order valence-electron chi connectivity index (χ0n) is 19.7. The number of hydrogen-bond acceptors (Lipinski definition) is 10. The van der Waals surface area contributed by atoms with Crippen LogP contribution in [0.4, 0.5) is 8.78 Å². The Balaban J connectivity index is 1.84. The standard InChI is InChI=1S/C21H30F2O11S/c1-4-12(2)20(9-5-6-10-20)34-19(27)15-11-14(18(26)33-15)32-17(25)8-7-16(24)31-13(3)21(22,23)35(28,29)30/h12-15H,4-11H2,1-3H3,(H,28,29,30). The second-order valence-electron chi connectivity index (χ2n) is 8.81. The maximum atomic E-state index is 13.4. The zero-order chi connectivity index (χ0) is 26.6. The molecule has 1 N–H and O–H groups in total. The summed E-state index contributed by atoms with van der Waals surface area (Å²) in [5.74, 6) is -4.01. The average Bonchev–Trinajstić information content (AvgIpc) is 3.38. The molecule has 0 spiro atoms. The van der Waals surface area contributed by atoms with E-state index in [1.165, 1.54) is 0 Å². The monoisotopic (exact) mass is 528 g/mol. The third-order valence-electron chi connectivity index (χ3n) is 6.41. The summed E-state index contributed by atoms with van der Waals surface area (Å²) in [6.45, 7) is 4.52. The maximum absolute atomic E-state index is 13.4. The SMILES string of the molecule is CCC(C)C1(OC(=O)C2CC(OC(=O)CCC(=O)OC(C)C(F)(F)S(=O)(=O)O)C(=O)O2)CCCC1. The second kappa shape index (κ2) is 11.1. The van der Waals surface area contributed by atoms with Gasteiger partial charge in [0.25, 0.3) is 0 Å². The van der Waals surface area contributed by atoms with E-state index < -0.39 is 76.0 Å². The second-order valence-corrected chi connectivity index (χ2v) is 10.3. The normalized spacial score (nSPS) is 23.8. The summed E-state index contributed by atoms with van der Waals surface area (Å²) in [4.78, 5) is 48.4. The van der Waals surface area contributed by atoms with Gasteiger partial charge in [0.15, 0.2) is 6.10 Å². The van der Waals surface area contributed by atoms with Gasteiger partial charge in [-0.1, -0.05) is 13.8 Å². The fraction of sp³-hybridized carbons (Fsp3) is 0.810. The van der Waals surface area contributed by atoms with Crippen molar-refractivity contribution in [2.75, 3.05) is 0 Å². The Labute approximate surface area is 201 Å². The van der Waals surface area contributed by atoms with Gasteiger partial charge in [-0.15, -0.1) is 0 Å². The van der Waals surface area contributed by atoms with Gasteiger partial charge in [0.2, 0.25) is 12.2 Å². The number of esters is 4. The number of halogens is 2. The van der Waals surface area contributed by atoms with Gasteiger partial charge in [0.1, 0.15) is 5.60 Å². The summed E-state index contributed by atoms with van der Waals surface area (Å²) >= 11 is 0. The molecular weight excluding hydrogens is 498 g/mol. The van der Waals surface area contributed by atoms with Gasteiger partial charge in [0.05, 0.1) is 12.8 Å². The van der Waals surface area contributed by atoms with E-state index >= 15 is 0 Å². The summed E-state index contributed by atoms with van der Waals surface area (Å²) < 4.78 is 76.6. The smallest absolute Gasteiger partial charge is 0.405 e. The Kier molecular flexibility index (Phi) is 9.20. The molecule has 1 aliphatic carbocycles. The molecule has 0 aromatic rings. The Hall–Kier alpha value is -2.35. The van der Waals surface area contributed by atoms with E-state index in [9.17, 15) is 36.4 Å². The molecule has 200 valence electrons. The lowest BCUT2D eigenvalue weighted by atomic mass is 9.85. The van der Waals surface area contributed by atoms with Crippen LogP contribution in [0, 0.1) is 5.92 Å². The molecule has 35 heavy (non-hydrogen) atoms. The molecule has 2 rings (SSSR count). The molecule has 2 fully saturated rings. The lowest BCUT2D eigenvalue weighted by molar-refractivity contribution is -0.179. The van der Waals surface area contributed by atoms with Gasteiger partial charge in [-0.2, -0.15) is 17.2 Å². The van der Waals surface area contributed by atoms with E-state index in [-0.39, 0.29) is 12.3 Å². The van der Waals surface area contributed by atoms with Crippen LogP contribution in [0.3, 0.4) is 0 Å². The van der Waals surface area contributed by atoms with Crippen LogP contribution >= 0.6 is 0 Å². The topological polar surface area (TPSA) is 160 Å². The first-order valence-electron chi connectivity index (χ1n) is 11.3. The molecule has 4 atom stereocenters. The van der Waals surface area contributed by atoms with Gasteiger partial charge < -0.3 is 18.9 Å². The van der Waals surface area contributed by atoms with Gasteiger partial charge in [-0.3, -0.25) is 14.1 Å². The van der Waals surface area contributed by atoms with Crippen molar-refractivity contribution in [3.63, 3.8) is 0 Å². The molecule has 0 aromatic heterocycles. The zero-order valence-corrected chi connectivity index (χ0v) is 20.5. The highest BCUT2D eigenvalue weighted by Gasteiger charge is 2.52. The number of ether oxygens (including phenoxy) is 4. The van der Waals surface area contributed by atoms with E-state index in [0.717, 1.165) is 19.3 Å². The molecule has 4 unspecified atom stereocenters. The molecule has 11 nitrogen and oxygen atoms in total. The highest BCUT2D eigenvalue weighted by molar-refractivity contribution is 7.86. The molecule has 0 bridgehead atoms. The number of carbonyl (C=O) groups excluding carboxylic acids is 4. The molecule has 14 heteroatoms. The number of carbonyl (C=O) groups is 4. The highest BCUT2D eigenvalue weighted by Crippen LogP contribution is 2.41. The lowest BCUT2D eigenvalue weighted by Gasteiger charge is -2.35. The molecule has 1 saturated heterocycles. The number of hydrogen-bond donors (Lipinski definition) is 1. The summed E-state index contributed by atoms with van der Waals surface area (Å²) in [5.41, 5.74) is -0.628. The van der Waals surface area contributed by atoms with Crippen LogP contribution in [-0.4, -0.2) is 66.0 Å². The third kappa shape index (κ3) is 6.87. The summed E-state index contributed by atoms with van der Waals surface area (Å²) in [6, 6.07) is 0. The summed E-state index contributed by atoms with van der Waals surface area (Å²) in [6.07, 6.45) is -2.87. The van der Waals surface area contributed by atoms with Gasteiger partial charge >= 0.3 is 39.2 Å². The molecule has 0 radical (unpaired) electrons. The molecule has 1 heterocycles. The van der Waals surface area contributed by atoms with Crippen LogP contribution in [0.5, 0.6) is 0 Å². The van der Waals surface area contributed by atoms with E-state index in [1.807, 2.05) is 13.8 Å². The van der Waals surface area contributed by atoms with E-state index in [1.54, 1.807) is 0 Å². The minimum Gasteiger partial charge on any atom is -0.456 e. The van der Waals surface area contributed by atoms with E-state index in [0.29, 0.717) is 19.8 Å².